The van der Waals surface area contributed by atoms with Crippen molar-refractivity contribution in [1.82, 2.24) is 5.32 Å². The van der Waals surface area contributed by atoms with E-state index in [1.165, 1.54) is 10.5 Å². The van der Waals surface area contributed by atoms with Crippen LogP contribution in [0.5, 0.6) is 0 Å². The summed E-state index contributed by atoms with van der Waals surface area (Å²) in [5.41, 5.74) is 1.19. The van der Waals surface area contributed by atoms with Gasteiger partial charge < -0.3 is 10.1 Å². The Morgan fingerprint density at radius 2 is 2.25 bits per heavy atom. The van der Waals surface area contributed by atoms with E-state index in [4.69, 9.17) is 16.3 Å². The first-order valence-electron chi connectivity index (χ1n) is 5.39. The summed E-state index contributed by atoms with van der Waals surface area (Å²) < 4.78 is 4.99. The molecule has 0 aliphatic rings. The number of ether oxygens (including phenoxy) is 1. The fourth-order valence-electron chi connectivity index (χ4n) is 1.39. The van der Waals surface area contributed by atoms with E-state index in [0.717, 1.165) is 30.5 Å². The monoisotopic (exact) mass is 259 g/mol. The third-order valence-electron chi connectivity index (χ3n) is 2.16. The highest BCUT2D eigenvalue weighted by molar-refractivity contribution is 7.99. The van der Waals surface area contributed by atoms with Gasteiger partial charge in [0.05, 0.1) is 6.61 Å². The summed E-state index contributed by atoms with van der Waals surface area (Å²) in [6.07, 6.45) is 0. The van der Waals surface area contributed by atoms with E-state index in [-0.39, 0.29) is 0 Å². The summed E-state index contributed by atoms with van der Waals surface area (Å²) in [7, 11) is 1.70. The van der Waals surface area contributed by atoms with Crippen LogP contribution in [0.25, 0.3) is 0 Å². The second-order valence-electron chi connectivity index (χ2n) is 3.32. The molecule has 0 aliphatic carbocycles. The van der Waals surface area contributed by atoms with Gasteiger partial charge in [0.15, 0.2) is 0 Å². The van der Waals surface area contributed by atoms with E-state index >= 15 is 0 Å². The predicted molar refractivity (Wildman–Crippen MR) is 71.4 cm³/mol. The molecule has 0 heterocycles. The maximum atomic E-state index is 6.19. The van der Waals surface area contributed by atoms with E-state index in [2.05, 4.69) is 18.3 Å². The summed E-state index contributed by atoms with van der Waals surface area (Å²) in [5.74, 6) is 1.06. The third kappa shape index (κ3) is 4.34. The lowest BCUT2D eigenvalue weighted by atomic mass is 10.2. The van der Waals surface area contributed by atoms with Crippen LogP contribution in [-0.4, -0.2) is 26.0 Å². The normalized spacial score (nSPS) is 10.7. The zero-order chi connectivity index (χ0) is 11.8. The van der Waals surface area contributed by atoms with Crippen molar-refractivity contribution in [2.24, 2.45) is 0 Å². The van der Waals surface area contributed by atoms with Gasteiger partial charge in [0, 0.05) is 30.1 Å². The topological polar surface area (TPSA) is 21.3 Å². The molecule has 1 aromatic carbocycles. The Balaban J connectivity index is 2.61. The van der Waals surface area contributed by atoms with Gasteiger partial charge in [-0.15, -0.1) is 11.8 Å². The van der Waals surface area contributed by atoms with Crippen LogP contribution in [0.15, 0.2) is 23.1 Å². The van der Waals surface area contributed by atoms with Crippen molar-refractivity contribution in [3.05, 3.63) is 28.8 Å². The molecule has 4 heteroatoms. The molecular formula is C12H18ClNOS. The second kappa shape index (κ2) is 7.96. The zero-order valence-corrected chi connectivity index (χ0v) is 11.3. The van der Waals surface area contributed by atoms with Crippen LogP contribution < -0.4 is 5.32 Å². The van der Waals surface area contributed by atoms with Crippen molar-refractivity contribution in [1.29, 1.82) is 0 Å². The van der Waals surface area contributed by atoms with Gasteiger partial charge in [-0.3, -0.25) is 0 Å². The average molecular weight is 260 g/mol. The van der Waals surface area contributed by atoms with Gasteiger partial charge in [-0.2, -0.15) is 0 Å². The van der Waals surface area contributed by atoms with Crippen LogP contribution >= 0.6 is 23.4 Å². The molecular weight excluding hydrogens is 242 g/mol. The molecule has 1 aromatic rings. The Morgan fingerprint density at radius 1 is 1.44 bits per heavy atom. The molecule has 0 unspecified atom stereocenters. The van der Waals surface area contributed by atoms with Crippen molar-refractivity contribution >= 4 is 23.4 Å². The van der Waals surface area contributed by atoms with Gasteiger partial charge in [-0.25, -0.2) is 0 Å². The lowest BCUT2D eigenvalue weighted by Crippen LogP contribution is -2.19. The molecule has 0 saturated heterocycles. The van der Waals surface area contributed by atoms with Gasteiger partial charge in [0.2, 0.25) is 0 Å². The number of hydrogen-bond donors (Lipinski definition) is 1. The van der Waals surface area contributed by atoms with Crippen molar-refractivity contribution in [2.75, 3.05) is 26.0 Å². The van der Waals surface area contributed by atoms with Crippen LogP contribution in [0, 0.1) is 0 Å². The van der Waals surface area contributed by atoms with Gasteiger partial charge in [0.25, 0.3) is 0 Å². The molecule has 16 heavy (non-hydrogen) atoms. The van der Waals surface area contributed by atoms with E-state index in [1.54, 1.807) is 7.11 Å². The van der Waals surface area contributed by atoms with Crippen molar-refractivity contribution in [3.8, 4) is 0 Å². The maximum Gasteiger partial charge on any atom is 0.0587 e. The Kier molecular flexibility index (Phi) is 6.88. The molecule has 0 saturated carbocycles. The second-order valence-corrected chi connectivity index (χ2v) is 5.03. The zero-order valence-electron chi connectivity index (χ0n) is 9.75. The smallest absolute Gasteiger partial charge is 0.0587 e. The molecule has 2 nitrogen and oxygen atoms in total. The molecule has 90 valence electrons. The summed E-state index contributed by atoms with van der Waals surface area (Å²) >= 11 is 8.02. The average Bonchev–Trinajstić information content (AvgIpc) is 2.28. The fourth-order valence-corrected chi connectivity index (χ4v) is 2.53. The Bertz CT molecular complexity index is 320. The third-order valence-corrected chi connectivity index (χ3v) is 3.50. The number of hydrogen-bond acceptors (Lipinski definition) is 3. The Hall–Kier alpha value is -0.220. The summed E-state index contributed by atoms with van der Waals surface area (Å²) in [6, 6.07) is 6.06. The minimum Gasteiger partial charge on any atom is -0.383 e. The largest absolute Gasteiger partial charge is 0.383 e. The minimum atomic E-state index is 0.723. The number of benzene rings is 1. The van der Waals surface area contributed by atoms with E-state index in [0.29, 0.717) is 0 Å². The first-order chi connectivity index (χ1) is 7.79. The van der Waals surface area contributed by atoms with Crippen LogP contribution in [0.3, 0.4) is 0 Å². The first-order valence-corrected chi connectivity index (χ1v) is 6.75. The van der Waals surface area contributed by atoms with Crippen molar-refractivity contribution in [3.63, 3.8) is 0 Å². The molecule has 1 N–H and O–H groups in total. The lowest BCUT2D eigenvalue weighted by molar-refractivity contribution is 0.199. The summed E-state index contributed by atoms with van der Waals surface area (Å²) in [5, 5.41) is 4.16. The number of thioether (sulfide) groups is 1. The molecule has 0 fully saturated rings. The van der Waals surface area contributed by atoms with E-state index in [1.807, 2.05) is 23.9 Å². The number of nitrogens with one attached hydrogen (secondary N) is 1. The lowest BCUT2D eigenvalue weighted by Gasteiger charge is -2.11. The Morgan fingerprint density at radius 3 is 2.94 bits per heavy atom. The summed E-state index contributed by atoms with van der Waals surface area (Å²) in [4.78, 5) is 1.26. The van der Waals surface area contributed by atoms with Crippen LogP contribution in [0.2, 0.25) is 5.02 Å². The molecule has 0 bridgehead atoms. The number of rotatable bonds is 7. The number of halogens is 1. The van der Waals surface area contributed by atoms with Gasteiger partial charge in [-0.05, 0) is 23.4 Å². The van der Waals surface area contributed by atoms with E-state index in [9.17, 15) is 0 Å². The highest BCUT2D eigenvalue weighted by atomic mass is 35.5. The molecule has 0 amide bonds. The van der Waals surface area contributed by atoms with Crippen LogP contribution in [0.1, 0.15) is 12.5 Å². The molecule has 0 aromatic heterocycles. The molecule has 0 aliphatic heterocycles. The predicted octanol–water partition coefficient (Wildman–Crippen LogP) is 3.19. The molecule has 1 rings (SSSR count). The van der Waals surface area contributed by atoms with Crippen LogP contribution in [0.4, 0.5) is 0 Å². The fraction of sp³-hybridized carbons (Fsp3) is 0.500. The maximum absolute atomic E-state index is 6.19. The summed E-state index contributed by atoms with van der Waals surface area (Å²) in [6.45, 7) is 4.51. The standard InChI is InChI=1S/C12H18ClNOS/c1-3-16-12-6-4-5-11(13)10(12)9-14-7-8-15-2/h4-6,14H,3,7-9H2,1-2H3. The van der Waals surface area contributed by atoms with Crippen molar-refractivity contribution in [2.45, 2.75) is 18.4 Å². The van der Waals surface area contributed by atoms with Crippen molar-refractivity contribution < 1.29 is 4.74 Å². The SMILES string of the molecule is CCSc1cccc(Cl)c1CNCCOC. The highest BCUT2D eigenvalue weighted by Gasteiger charge is 2.06. The first kappa shape index (κ1) is 13.8. The van der Waals surface area contributed by atoms with Crippen LogP contribution in [-0.2, 0) is 11.3 Å². The van der Waals surface area contributed by atoms with Gasteiger partial charge in [0.1, 0.15) is 0 Å². The Labute approximate surface area is 107 Å². The molecule has 0 radical (unpaired) electrons. The quantitative estimate of drug-likeness (QED) is 0.600. The molecule has 0 spiro atoms. The molecule has 0 atom stereocenters. The minimum absolute atomic E-state index is 0.723. The van der Waals surface area contributed by atoms with Gasteiger partial charge >= 0.3 is 0 Å². The number of methoxy groups -OCH3 is 1. The highest BCUT2D eigenvalue weighted by Crippen LogP contribution is 2.28. The van der Waals surface area contributed by atoms with E-state index < -0.39 is 0 Å². The van der Waals surface area contributed by atoms with Gasteiger partial charge in [-0.1, -0.05) is 24.6 Å².